The largest absolute Gasteiger partial charge is 0.243 e. The third-order valence-corrected chi connectivity index (χ3v) is 4.67. The summed E-state index contributed by atoms with van der Waals surface area (Å²) in [5, 5.41) is 10.1. The molecule has 0 aromatic carbocycles. The van der Waals surface area contributed by atoms with Crippen molar-refractivity contribution in [3.05, 3.63) is 45.7 Å². The Hall–Kier alpha value is -1.72. The first kappa shape index (κ1) is 11.1. The van der Waals surface area contributed by atoms with Crippen LogP contribution in [0.5, 0.6) is 0 Å². The molecular formula is C14H11N3S2. The van der Waals surface area contributed by atoms with Gasteiger partial charge in [-0.25, -0.2) is 9.67 Å². The Bertz CT molecular complexity index is 721. The van der Waals surface area contributed by atoms with Crippen LogP contribution in [0, 0.1) is 0 Å². The van der Waals surface area contributed by atoms with Crippen LogP contribution in [0.2, 0.25) is 0 Å². The van der Waals surface area contributed by atoms with Crippen LogP contribution >= 0.6 is 22.7 Å². The van der Waals surface area contributed by atoms with Gasteiger partial charge in [-0.15, -0.1) is 22.7 Å². The molecule has 0 saturated carbocycles. The minimum atomic E-state index is 0.975. The molecule has 0 amide bonds. The fraction of sp³-hybridized carbons (Fsp3) is 0.143. The second kappa shape index (κ2) is 4.43. The van der Waals surface area contributed by atoms with Crippen LogP contribution in [0.25, 0.3) is 22.5 Å². The lowest BCUT2D eigenvalue weighted by atomic mass is 10.0. The van der Waals surface area contributed by atoms with Gasteiger partial charge in [-0.1, -0.05) is 12.2 Å². The summed E-state index contributed by atoms with van der Waals surface area (Å²) < 4.78 is 2.08. The Labute approximate surface area is 118 Å². The number of rotatable bonds is 2. The highest BCUT2D eigenvalue weighted by atomic mass is 32.1. The van der Waals surface area contributed by atoms with E-state index < -0.39 is 0 Å². The zero-order valence-corrected chi connectivity index (χ0v) is 11.7. The van der Waals surface area contributed by atoms with Gasteiger partial charge in [-0.2, -0.15) is 5.10 Å². The molecule has 1 aliphatic rings. The quantitative estimate of drug-likeness (QED) is 0.712. The van der Waals surface area contributed by atoms with E-state index in [2.05, 4.69) is 44.7 Å². The van der Waals surface area contributed by atoms with Gasteiger partial charge in [0.05, 0.1) is 11.2 Å². The maximum Gasteiger partial charge on any atom is 0.120 e. The molecule has 19 heavy (non-hydrogen) atoms. The smallest absolute Gasteiger partial charge is 0.120 e. The van der Waals surface area contributed by atoms with Crippen molar-refractivity contribution in [3.8, 4) is 16.4 Å². The summed E-state index contributed by atoms with van der Waals surface area (Å²) in [6.45, 7) is 0. The number of allylic oxidation sites excluding steroid dienone is 1. The van der Waals surface area contributed by atoms with Crippen LogP contribution < -0.4 is 0 Å². The molecule has 0 N–H and O–H groups in total. The minimum Gasteiger partial charge on any atom is -0.243 e. The normalized spacial score (nSPS) is 13.7. The predicted molar refractivity (Wildman–Crippen MR) is 79.9 cm³/mol. The highest BCUT2D eigenvalue weighted by Crippen LogP contribution is 2.32. The second-order valence-corrected chi connectivity index (χ2v) is 6.03. The van der Waals surface area contributed by atoms with E-state index in [1.165, 1.54) is 16.3 Å². The number of nitrogens with zero attached hydrogens (tertiary/aromatic N) is 3. The van der Waals surface area contributed by atoms with Gasteiger partial charge in [-0.05, 0) is 30.4 Å². The molecule has 4 rings (SSSR count). The van der Waals surface area contributed by atoms with Gasteiger partial charge in [0.1, 0.15) is 16.4 Å². The molecule has 3 heterocycles. The molecule has 0 bridgehead atoms. The van der Waals surface area contributed by atoms with Crippen LogP contribution in [0.3, 0.4) is 0 Å². The third kappa shape index (κ3) is 1.77. The summed E-state index contributed by atoms with van der Waals surface area (Å²) in [7, 11) is 0. The van der Waals surface area contributed by atoms with Crippen LogP contribution in [0.1, 0.15) is 17.7 Å². The van der Waals surface area contributed by atoms with Crippen molar-refractivity contribution in [2.75, 3.05) is 0 Å². The lowest BCUT2D eigenvalue weighted by Gasteiger charge is -2.08. The molecule has 0 fully saturated rings. The van der Waals surface area contributed by atoms with E-state index in [0.717, 1.165) is 24.2 Å². The van der Waals surface area contributed by atoms with Crippen molar-refractivity contribution < 1.29 is 0 Å². The first-order valence-corrected chi connectivity index (χ1v) is 7.96. The molecular weight excluding hydrogens is 274 g/mol. The van der Waals surface area contributed by atoms with E-state index in [-0.39, 0.29) is 0 Å². The Balaban J connectivity index is 1.97. The summed E-state index contributed by atoms with van der Waals surface area (Å²) >= 11 is 3.33. The highest BCUT2D eigenvalue weighted by molar-refractivity contribution is 7.12. The third-order valence-electron chi connectivity index (χ3n) is 3.24. The van der Waals surface area contributed by atoms with Crippen LogP contribution in [0.15, 0.2) is 34.5 Å². The van der Waals surface area contributed by atoms with E-state index in [9.17, 15) is 0 Å². The molecule has 0 unspecified atom stereocenters. The average molecular weight is 285 g/mol. The van der Waals surface area contributed by atoms with Gasteiger partial charge in [0.2, 0.25) is 0 Å². The maximum atomic E-state index is 4.80. The average Bonchev–Trinajstić information content (AvgIpc) is 3.18. The number of fused-ring (bicyclic) bond motifs is 1. The minimum absolute atomic E-state index is 0.975. The summed E-state index contributed by atoms with van der Waals surface area (Å²) in [6, 6.07) is 4.18. The van der Waals surface area contributed by atoms with Crippen LogP contribution in [0.4, 0.5) is 0 Å². The van der Waals surface area contributed by atoms with Gasteiger partial charge in [-0.3, -0.25) is 0 Å². The molecule has 0 radical (unpaired) electrons. The maximum absolute atomic E-state index is 4.80. The SMILES string of the molecule is C1=Cc2c(-c3cscn3)nn(-c3cccs3)c2CC1. The first-order valence-electron chi connectivity index (χ1n) is 6.14. The van der Waals surface area contributed by atoms with E-state index in [0.29, 0.717) is 0 Å². The lowest BCUT2D eigenvalue weighted by molar-refractivity contribution is 0.801. The molecule has 1 aliphatic carbocycles. The monoisotopic (exact) mass is 285 g/mol. The summed E-state index contributed by atoms with van der Waals surface area (Å²) in [5.41, 5.74) is 6.36. The van der Waals surface area contributed by atoms with Crippen molar-refractivity contribution in [1.82, 2.24) is 14.8 Å². The van der Waals surface area contributed by atoms with Gasteiger partial charge >= 0.3 is 0 Å². The molecule has 3 nitrogen and oxygen atoms in total. The number of thiazole rings is 1. The van der Waals surface area contributed by atoms with Crippen molar-refractivity contribution in [1.29, 1.82) is 0 Å². The molecule has 5 heteroatoms. The lowest BCUT2D eigenvalue weighted by Crippen LogP contribution is -2.02. The predicted octanol–water partition coefficient (Wildman–Crippen LogP) is 4.02. The summed E-state index contributed by atoms with van der Waals surface area (Å²) in [5.74, 6) is 0. The molecule has 3 aromatic rings. The molecule has 0 atom stereocenters. The molecule has 3 aromatic heterocycles. The fourth-order valence-corrected chi connectivity index (χ4v) is 3.63. The fourth-order valence-electron chi connectivity index (χ4n) is 2.39. The number of hydrogen-bond donors (Lipinski definition) is 0. The van der Waals surface area contributed by atoms with Crippen molar-refractivity contribution >= 4 is 28.7 Å². The van der Waals surface area contributed by atoms with Crippen LogP contribution in [-0.2, 0) is 6.42 Å². The van der Waals surface area contributed by atoms with Crippen LogP contribution in [-0.4, -0.2) is 14.8 Å². The van der Waals surface area contributed by atoms with Gasteiger partial charge in [0.25, 0.3) is 0 Å². The molecule has 0 aliphatic heterocycles. The zero-order chi connectivity index (χ0) is 12.7. The zero-order valence-electron chi connectivity index (χ0n) is 10.1. The Kier molecular flexibility index (Phi) is 2.60. The molecule has 0 saturated heterocycles. The topological polar surface area (TPSA) is 30.7 Å². The van der Waals surface area contributed by atoms with E-state index in [1.807, 2.05) is 5.51 Å². The van der Waals surface area contributed by atoms with Gasteiger partial charge in [0.15, 0.2) is 0 Å². The van der Waals surface area contributed by atoms with Gasteiger partial charge in [0, 0.05) is 10.9 Å². The Morgan fingerprint density at radius 1 is 1.32 bits per heavy atom. The van der Waals surface area contributed by atoms with Crippen molar-refractivity contribution in [3.63, 3.8) is 0 Å². The Morgan fingerprint density at radius 3 is 3.11 bits per heavy atom. The van der Waals surface area contributed by atoms with Gasteiger partial charge < -0.3 is 0 Å². The van der Waals surface area contributed by atoms with Crippen molar-refractivity contribution in [2.45, 2.75) is 12.8 Å². The number of aromatic nitrogens is 3. The number of thiophene rings is 1. The van der Waals surface area contributed by atoms with E-state index >= 15 is 0 Å². The molecule has 0 spiro atoms. The second-order valence-electron chi connectivity index (χ2n) is 4.39. The van der Waals surface area contributed by atoms with Crippen molar-refractivity contribution in [2.24, 2.45) is 0 Å². The summed E-state index contributed by atoms with van der Waals surface area (Å²) in [4.78, 5) is 4.40. The van der Waals surface area contributed by atoms with E-state index in [4.69, 9.17) is 5.10 Å². The number of hydrogen-bond acceptors (Lipinski definition) is 4. The first-order chi connectivity index (χ1) is 9.43. The Morgan fingerprint density at radius 2 is 2.32 bits per heavy atom. The molecule has 94 valence electrons. The summed E-state index contributed by atoms with van der Waals surface area (Å²) in [6.07, 6.45) is 6.53. The standard InChI is InChI=1S/C14H11N3S2/c1-2-5-12-10(4-1)14(11-8-18-9-15-11)16-17(12)13-6-3-7-19-13/h1,3-4,6-9H,2,5H2. The highest BCUT2D eigenvalue weighted by Gasteiger charge is 2.21. The van der Waals surface area contributed by atoms with E-state index in [1.54, 1.807) is 22.7 Å².